The molecular formula is C15H23NOS. The Morgan fingerprint density at radius 2 is 2.33 bits per heavy atom. The third-order valence-corrected chi connectivity index (χ3v) is 4.80. The summed E-state index contributed by atoms with van der Waals surface area (Å²) in [5.41, 5.74) is 1.18. The first-order valence-electron chi connectivity index (χ1n) is 6.84. The molecule has 100 valence electrons. The Morgan fingerprint density at radius 1 is 1.50 bits per heavy atom. The van der Waals surface area contributed by atoms with Crippen LogP contribution in [0.2, 0.25) is 0 Å². The first kappa shape index (κ1) is 13.6. The number of anilines is 1. The SMILES string of the molecule is CCC(C)Oc1cccc(NC2CCSC2C)c1. The van der Waals surface area contributed by atoms with Crippen molar-refractivity contribution in [2.24, 2.45) is 0 Å². The van der Waals surface area contributed by atoms with E-state index in [1.165, 1.54) is 17.9 Å². The molecular weight excluding hydrogens is 242 g/mol. The van der Waals surface area contributed by atoms with Crippen LogP contribution in [0.1, 0.15) is 33.6 Å². The molecule has 3 heteroatoms. The lowest BCUT2D eigenvalue weighted by molar-refractivity contribution is 0.217. The van der Waals surface area contributed by atoms with Gasteiger partial charge in [-0.05, 0) is 37.7 Å². The Hall–Kier alpha value is -0.830. The fourth-order valence-corrected chi connectivity index (χ4v) is 3.31. The Morgan fingerprint density at radius 3 is 3.00 bits per heavy atom. The van der Waals surface area contributed by atoms with E-state index in [1.807, 2.05) is 17.8 Å². The maximum atomic E-state index is 5.85. The molecule has 0 bridgehead atoms. The number of rotatable bonds is 5. The second-order valence-electron chi connectivity index (χ2n) is 4.98. The van der Waals surface area contributed by atoms with Gasteiger partial charge in [0.1, 0.15) is 5.75 Å². The predicted molar refractivity (Wildman–Crippen MR) is 80.8 cm³/mol. The molecule has 2 rings (SSSR count). The average Bonchev–Trinajstić information content (AvgIpc) is 2.75. The highest BCUT2D eigenvalue weighted by Gasteiger charge is 2.23. The Bertz CT molecular complexity index is 383. The van der Waals surface area contributed by atoms with Gasteiger partial charge >= 0.3 is 0 Å². The molecule has 1 N–H and O–H groups in total. The fourth-order valence-electron chi connectivity index (χ4n) is 2.11. The van der Waals surface area contributed by atoms with Gasteiger partial charge in [0.15, 0.2) is 0 Å². The van der Waals surface area contributed by atoms with Crippen molar-refractivity contribution in [3.8, 4) is 5.75 Å². The molecule has 1 fully saturated rings. The van der Waals surface area contributed by atoms with Crippen molar-refractivity contribution in [2.75, 3.05) is 11.1 Å². The standard InChI is InChI=1S/C15H23NOS/c1-4-11(2)17-14-7-5-6-13(10-14)16-15-8-9-18-12(15)3/h5-7,10-12,15-16H,4,8-9H2,1-3H3. The molecule has 0 aromatic heterocycles. The minimum absolute atomic E-state index is 0.279. The van der Waals surface area contributed by atoms with Crippen LogP contribution in [0, 0.1) is 0 Å². The van der Waals surface area contributed by atoms with E-state index in [9.17, 15) is 0 Å². The van der Waals surface area contributed by atoms with Gasteiger partial charge in [0.05, 0.1) is 6.10 Å². The maximum absolute atomic E-state index is 5.85. The lowest BCUT2D eigenvalue weighted by Crippen LogP contribution is -2.24. The van der Waals surface area contributed by atoms with Crippen molar-refractivity contribution in [1.29, 1.82) is 0 Å². The van der Waals surface area contributed by atoms with Crippen LogP contribution in [-0.4, -0.2) is 23.1 Å². The Kier molecular flexibility index (Phi) is 4.81. The normalized spacial score (nSPS) is 24.8. The third kappa shape index (κ3) is 3.58. The van der Waals surface area contributed by atoms with E-state index in [0.29, 0.717) is 11.3 Å². The van der Waals surface area contributed by atoms with E-state index in [0.717, 1.165) is 12.2 Å². The van der Waals surface area contributed by atoms with Crippen molar-refractivity contribution in [3.05, 3.63) is 24.3 Å². The molecule has 0 saturated carbocycles. The van der Waals surface area contributed by atoms with E-state index in [2.05, 4.69) is 44.3 Å². The smallest absolute Gasteiger partial charge is 0.121 e. The van der Waals surface area contributed by atoms with Gasteiger partial charge in [-0.3, -0.25) is 0 Å². The molecule has 0 radical (unpaired) electrons. The summed E-state index contributed by atoms with van der Waals surface area (Å²) >= 11 is 2.05. The van der Waals surface area contributed by atoms with Gasteiger partial charge in [-0.25, -0.2) is 0 Å². The molecule has 0 amide bonds. The Labute approximate surface area is 114 Å². The lowest BCUT2D eigenvalue weighted by Gasteiger charge is -2.19. The quantitative estimate of drug-likeness (QED) is 0.863. The highest BCUT2D eigenvalue weighted by molar-refractivity contribution is 8.00. The summed E-state index contributed by atoms with van der Waals surface area (Å²) in [6.07, 6.45) is 2.57. The zero-order valence-corrected chi connectivity index (χ0v) is 12.3. The first-order chi connectivity index (χ1) is 8.69. The first-order valence-corrected chi connectivity index (χ1v) is 7.88. The van der Waals surface area contributed by atoms with Crippen LogP contribution in [0.4, 0.5) is 5.69 Å². The Balaban J connectivity index is 1.98. The molecule has 1 heterocycles. The topological polar surface area (TPSA) is 21.3 Å². The van der Waals surface area contributed by atoms with Crippen LogP contribution in [0.25, 0.3) is 0 Å². The van der Waals surface area contributed by atoms with Gasteiger partial charge < -0.3 is 10.1 Å². The van der Waals surface area contributed by atoms with Gasteiger partial charge in [-0.2, -0.15) is 11.8 Å². The van der Waals surface area contributed by atoms with Crippen LogP contribution >= 0.6 is 11.8 Å². The van der Waals surface area contributed by atoms with Crippen molar-refractivity contribution < 1.29 is 4.74 Å². The average molecular weight is 265 g/mol. The molecule has 18 heavy (non-hydrogen) atoms. The summed E-state index contributed by atoms with van der Waals surface area (Å²) in [5.74, 6) is 2.23. The lowest BCUT2D eigenvalue weighted by atomic mass is 10.1. The molecule has 3 atom stereocenters. The summed E-state index contributed by atoms with van der Waals surface area (Å²) in [6.45, 7) is 6.55. The van der Waals surface area contributed by atoms with E-state index in [-0.39, 0.29) is 6.10 Å². The number of hydrogen-bond donors (Lipinski definition) is 1. The van der Waals surface area contributed by atoms with Gasteiger partial charge in [-0.1, -0.05) is 19.9 Å². The molecule has 3 unspecified atom stereocenters. The van der Waals surface area contributed by atoms with Crippen molar-refractivity contribution in [1.82, 2.24) is 0 Å². The number of thioether (sulfide) groups is 1. The molecule has 1 saturated heterocycles. The largest absolute Gasteiger partial charge is 0.491 e. The van der Waals surface area contributed by atoms with Crippen molar-refractivity contribution >= 4 is 17.4 Å². The molecule has 2 nitrogen and oxygen atoms in total. The zero-order chi connectivity index (χ0) is 13.0. The van der Waals surface area contributed by atoms with Crippen LogP contribution < -0.4 is 10.1 Å². The van der Waals surface area contributed by atoms with E-state index in [1.54, 1.807) is 0 Å². The molecule has 0 spiro atoms. The highest BCUT2D eigenvalue weighted by Crippen LogP contribution is 2.29. The second kappa shape index (κ2) is 6.37. The predicted octanol–water partition coefficient (Wildman–Crippen LogP) is 4.17. The van der Waals surface area contributed by atoms with Gasteiger partial charge in [-0.15, -0.1) is 0 Å². The van der Waals surface area contributed by atoms with Crippen molar-refractivity contribution in [3.63, 3.8) is 0 Å². The van der Waals surface area contributed by atoms with Crippen LogP contribution in [0.3, 0.4) is 0 Å². The van der Waals surface area contributed by atoms with E-state index < -0.39 is 0 Å². The van der Waals surface area contributed by atoms with E-state index in [4.69, 9.17) is 4.74 Å². The summed E-state index contributed by atoms with van der Waals surface area (Å²) in [4.78, 5) is 0. The monoisotopic (exact) mass is 265 g/mol. The minimum atomic E-state index is 0.279. The summed E-state index contributed by atoms with van der Waals surface area (Å²) in [5, 5.41) is 4.32. The third-order valence-electron chi connectivity index (χ3n) is 3.47. The number of benzene rings is 1. The van der Waals surface area contributed by atoms with Crippen LogP contribution in [0.5, 0.6) is 5.75 Å². The number of ether oxygens (including phenoxy) is 1. The summed E-state index contributed by atoms with van der Waals surface area (Å²) in [7, 11) is 0. The van der Waals surface area contributed by atoms with Gasteiger partial charge in [0.2, 0.25) is 0 Å². The fraction of sp³-hybridized carbons (Fsp3) is 0.600. The second-order valence-corrected chi connectivity index (χ2v) is 6.47. The summed E-state index contributed by atoms with van der Waals surface area (Å²) in [6, 6.07) is 8.92. The highest BCUT2D eigenvalue weighted by atomic mass is 32.2. The van der Waals surface area contributed by atoms with Crippen molar-refractivity contribution in [2.45, 2.75) is 51.0 Å². The maximum Gasteiger partial charge on any atom is 0.121 e. The van der Waals surface area contributed by atoms with E-state index >= 15 is 0 Å². The zero-order valence-electron chi connectivity index (χ0n) is 11.5. The van der Waals surface area contributed by atoms with Crippen LogP contribution in [0.15, 0.2) is 24.3 Å². The summed E-state index contributed by atoms with van der Waals surface area (Å²) < 4.78 is 5.85. The molecule has 1 aromatic carbocycles. The number of hydrogen-bond acceptors (Lipinski definition) is 3. The molecule has 1 aliphatic heterocycles. The number of nitrogens with one attached hydrogen (secondary N) is 1. The molecule has 1 aliphatic rings. The van der Waals surface area contributed by atoms with Crippen LogP contribution in [-0.2, 0) is 0 Å². The van der Waals surface area contributed by atoms with Gasteiger partial charge in [0, 0.05) is 23.0 Å². The molecule has 1 aromatic rings. The minimum Gasteiger partial charge on any atom is -0.491 e. The van der Waals surface area contributed by atoms with Gasteiger partial charge in [0.25, 0.3) is 0 Å². The molecule has 0 aliphatic carbocycles.